The van der Waals surface area contributed by atoms with Crippen molar-refractivity contribution in [3.63, 3.8) is 0 Å². The van der Waals surface area contributed by atoms with Gasteiger partial charge in [0.15, 0.2) is 11.6 Å². The largest absolute Gasteiger partial charge is 0.490 e. The molecule has 0 aliphatic carbocycles. The second-order valence-electron chi connectivity index (χ2n) is 4.97. The van der Waals surface area contributed by atoms with E-state index >= 15 is 0 Å². The topological polar surface area (TPSA) is 37.4 Å². The molecule has 0 radical (unpaired) electrons. The summed E-state index contributed by atoms with van der Waals surface area (Å²) in [6.45, 7) is 7.16. The molecule has 106 valence electrons. The number of rotatable bonds is 6. The number of hydrogen-bond donors (Lipinski definition) is 1. The molecule has 1 aliphatic heterocycles. The molecule has 1 aromatic heterocycles. The highest BCUT2D eigenvalue weighted by atomic mass is 16.5. The molecular weight excluding hydrogens is 238 g/mol. The van der Waals surface area contributed by atoms with Crippen LogP contribution in [0.4, 0.5) is 5.82 Å². The normalized spacial score (nSPS) is 16.9. The molecule has 0 saturated carbocycles. The van der Waals surface area contributed by atoms with Gasteiger partial charge in [0.25, 0.3) is 0 Å². The summed E-state index contributed by atoms with van der Waals surface area (Å²) in [7, 11) is 0. The molecule has 1 N–H and O–H groups in total. The Bertz CT molecular complexity index is 362. The molecule has 0 atom stereocenters. The molecule has 0 amide bonds. The van der Waals surface area contributed by atoms with E-state index in [1.165, 1.54) is 38.8 Å². The Kier molecular flexibility index (Phi) is 5.95. The van der Waals surface area contributed by atoms with E-state index in [2.05, 4.69) is 15.2 Å². The number of aromatic nitrogens is 1. The van der Waals surface area contributed by atoms with Gasteiger partial charge in [-0.05, 0) is 45.0 Å². The van der Waals surface area contributed by atoms with Gasteiger partial charge in [-0.2, -0.15) is 0 Å². The van der Waals surface area contributed by atoms with Crippen LogP contribution >= 0.6 is 0 Å². The van der Waals surface area contributed by atoms with Crippen molar-refractivity contribution in [1.29, 1.82) is 0 Å². The van der Waals surface area contributed by atoms with Crippen LogP contribution in [0.3, 0.4) is 0 Å². The predicted molar refractivity (Wildman–Crippen MR) is 78.8 cm³/mol. The minimum absolute atomic E-state index is 0.673. The van der Waals surface area contributed by atoms with Crippen molar-refractivity contribution in [2.75, 3.05) is 38.1 Å². The van der Waals surface area contributed by atoms with Crippen LogP contribution in [0, 0.1) is 0 Å². The standard InChI is InChI=1S/C15H25N3O/c1-2-19-14-8-7-9-16-15(14)17-10-13-18-11-5-3-4-6-12-18/h7-9H,2-6,10-13H2,1H3,(H,16,17). The fraction of sp³-hybridized carbons (Fsp3) is 0.667. The second kappa shape index (κ2) is 8.00. The SMILES string of the molecule is CCOc1cccnc1NCCN1CCCCCC1. The molecule has 1 fully saturated rings. The van der Waals surface area contributed by atoms with Crippen molar-refractivity contribution in [2.24, 2.45) is 0 Å². The van der Waals surface area contributed by atoms with E-state index in [1.54, 1.807) is 6.20 Å². The van der Waals surface area contributed by atoms with Crippen molar-refractivity contribution < 1.29 is 4.74 Å². The van der Waals surface area contributed by atoms with Crippen LogP contribution in [0.15, 0.2) is 18.3 Å². The first-order valence-corrected chi connectivity index (χ1v) is 7.44. The highest BCUT2D eigenvalue weighted by Crippen LogP contribution is 2.20. The third kappa shape index (κ3) is 4.71. The average molecular weight is 263 g/mol. The van der Waals surface area contributed by atoms with Crippen molar-refractivity contribution in [3.05, 3.63) is 18.3 Å². The van der Waals surface area contributed by atoms with Gasteiger partial charge in [-0.1, -0.05) is 12.8 Å². The number of pyridine rings is 1. The molecule has 1 aromatic rings. The maximum absolute atomic E-state index is 5.56. The molecule has 0 bridgehead atoms. The summed E-state index contributed by atoms with van der Waals surface area (Å²) in [5.74, 6) is 1.71. The van der Waals surface area contributed by atoms with Crippen LogP contribution in [0.1, 0.15) is 32.6 Å². The van der Waals surface area contributed by atoms with Crippen molar-refractivity contribution >= 4 is 5.82 Å². The van der Waals surface area contributed by atoms with E-state index in [9.17, 15) is 0 Å². The first-order valence-electron chi connectivity index (χ1n) is 7.44. The number of hydrogen-bond acceptors (Lipinski definition) is 4. The Morgan fingerprint density at radius 1 is 1.26 bits per heavy atom. The Balaban J connectivity index is 1.78. The number of nitrogens with zero attached hydrogens (tertiary/aromatic N) is 2. The minimum atomic E-state index is 0.673. The van der Waals surface area contributed by atoms with E-state index in [0.717, 1.165) is 24.7 Å². The number of likely N-dealkylation sites (tertiary alicyclic amines) is 1. The summed E-state index contributed by atoms with van der Waals surface area (Å²) in [5, 5.41) is 3.39. The molecule has 0 unspecified atom stereocenters. The van der Waals surface area contributed by atoms with Crippen LogP contribution in [-0.2, 0) is 0 Å². The molecule has 2 rings (SSSR count). The van der Waals surface area contributed by atoms with Crippen LogP contribution < -0.4 is 10.1 Å². The van der Waals surface area contributed by atoms with Gasteiger partial charge >= 0.3 is 0 Å². The van der Waals surface area contributed by atoms with E-state index in [1.807, 2.05) is 19.1 Å². The van der Waals surface area contributed by atoms with E-state index in [4.69, 9.17) is 4.74 Å². The number of ether oxygens (including phenoxy) is 1. The van der Waals surface area contributed by atoms with Crippen molar-refractivity contribution in [1.82, 2.24) is 9.88 Å². The monoisotopic (exact) mass is 263 g/mol. The Labute approximate surface area is 116 Å². The summed E-state index contributed by atoms with van der Waals surface area (Å²) >= 11 is 0. The first-order chi connectivity index (χ1) is 9.40. The van der Waals surface area contributed by atoms with Gasteiger partial charge in [0.1, 0.15) is 0 Å². The molecule has 1 saturated heterocycles. The average Bonchev–Trinajstić information content (AvgIpc) is 2.70. The van der Waals surface area contributed by atoms with Crippen molar-refractivity contribution in [3.8, 4) is 5.75 Å². The second-order valence-corrected chi connectivity index (χ2v) is 4.97. The Morgan fingerprint density at radius 3 is 2.79 bits per heavy atom. The van der Waals surface area contributed by atoms with Gasteiger partial charge in [0.2, 0.25) is 0 Å². The van der Waals surface area contributed by atoms with Crippen LogP contribution in [-0.4, -0.2) is 42.7 Å². The highest BCUT2D eigenvalue weighted by molar-refractivity contribution is 5.49. The van der Waals surface area contributed by atoms with E-state index in [-0.39, 0.29) is 0 Å². The van der Waals surface area contributed by atoms with Gasteiger partial charge < -0.3 is 15.0 Å². The lowest BCUT2D eigenvalue weighted by molar-refractivity contribution is 0.295. The maximum Gasteiger partial charge on any atom is 0.168 e. The minimum Gasteiger partial charge on any atom is -0.490 e. The molecule has 19 heavy (non-hydrogen) atoms. The third-order valence-electron chi connectivity index (χ3n) is 3.49. The van der Waals surface area contributed by atoms with Gasteiger partial charge in [0, 0.05) is 19.3 Å². The van der Waals surface area contributed by atoms with Gasteiger partial charge in [0.05, 0.1) is 6.61 Å². The lowest BCUT2D eigenvalue weighted by Crippen LogP contribution is -2.30. The zero-order valence-corrected chi connectivity index (χ0v) is 11.9. The molecule has 0 spiro atoms. The number of nitrogens with one attached hydrogen (secondary N) is 1. The first kappa shape index (κ1) is 14.1. The van der Waals surface area contributed by atoms with Gasteiger partial charge in [-0.25, -0.2) is 4.98 Å². The smallest absolute Gasteiger partial charge is 0.168 e. The molecule has 1 aliphatic rings. The summed E-state index contributed by atoms with van der Waals surface area (Å²) < 4.78 is 5.56. The third-order valence-corrected chi connectivity index (χ3v) is 3.49. The van der Waals surface area contributed by atoms with Crippen LogP contribution in [0.5, 0.6) is 5.75 Å². The lowest BCUT2D eigenvalue weighted by atomic mass is 10.2. The fourth-order valence-corrected chi connectivity index (χ4v) is 2.49. The summed E-state index contributed by atoms with van der Waals surface area (Å²) in [6.07, 6.45) is 7.26. The summed E-state index contributed by atoms with van der Waals surface area (Å²) in [5.41, 5.74) is 0. The summed E-state index contributed by atoms with van der Waals surface area (Å²) in [4.78, 5) is 6.89. The molecule has 4 heteroatoms. The Hall–Kier alpha value is -1.29. The molecule has 0 aromatic carbocycles. The maximum atomic E-state index is 5.56. The van der Waals surface area contributed by atoms with Gasteiger partial charge in [-0.15, -0.1) is 0 Å². The van der Waals surface area contributed by atoms with Crippen LogP contribution in [0.25, 0.3) is 0 Å². The summed E-state index contributed by atoms with van der Waals surface area (Å²) in [6, 6.07) is 3.87. The lowest BCUT2D eigenvalue weighted by Gasteiger charge is -2.20. The van der Waals surface area contributed by atoms with E-state index in [0.29, 0.717) is 6.61 Å². The van der Waals surface area contributed by atoms with Gasteiger partial charge in [-0.3, -0.25) is 0 Å². The molecule has 2 heterocycles. The zero-order valence-electron chi connectivity index (χ0n) is 11.9. The van der Waals surface area contributed by atoms with Crippen molar-refractivity contribution in [2.45, 2.75) is 32.6 Å². The molecular formula is C15H25N3O. The highest BCUT2D eigenvalue weighted by Gasteiger charge is 2.09. The molecule has 4 nitrogen and oxygen atoms in total. The fourth-order valence-electron chi connectivity index (χ4n) is 2.49. The van der Waals surface area contributed by atoms with E-state index < -0.39 is 0 Å². The quantitative estimate of drug-likeness (QED) is 0.856. The zero-order chi connectivity index (χ0) is 13.3. The Morgan fingerprint density at radius 2 is 2.05 bits per heavy atom. The number of anilines is 1. The predicted octanol–water partition coefficient (Wildman–Crippen LogP) is 2.77. The van der Waals surface area contributed by atoms with Crippen LogP contribution in [0.2, 0.25) is 0 Å².